The minimum absolute atomic E-state index is 0.0464. The van der Waals surface area contributed by atoms with Crippen molar-refractivity contribution in [1.29, 1.82) is 0 Å². The molecule has 5 nitrogen and oxygen atoms in total. The first-order valence-electron chi connectivity index (χ1n) is 8.27. The van der Waals surface area contributed by atoms with Gasteiger partial charge in [0, 0.05) is 18.7 Å². The number of carboxylic acids is 1. The molecule has 1 aromatic rings. The van der Waals surface area contributed by atoms with E-state index in [9.17, 15) is 14.7 Å². The molecular formula is C18H23NO4. The van der Waals surface area contributed by atoms with Gasteiger partial charge in [0.05, 0.1) is 12.0 Å². The highest BCUT2D eigenvalue weighted by Crippen LogP contribution is 2.44. The summed E-state index contributed by atoms with van der Waals surface area (Å²) in [5, 5.41) is 12.1. The van der Waals surface area contributed by atoms with E-state index in [1.807, 2.05) is 24.3 Å². The maximum absolute atomic E-state index is 12.1. The van der Waals surface area contributed by atoms with Crippen LogP contribution in [-0.4, -0.2) is 23.6 Å². The summed E-state index contributed by atoms with van der Waals surface area (Å²) in [5.41, 5.74) is 0.858. The lowest BCUT2D eigenvalue weighted by Crippen LogP contribution is -2.41. The fourth-order valence-electron chi connectivity index (χ4n) is 2.95. The minimum Gasteiger partial charge on any atom is -0.481 e. The van der Waals surface area contributed by atoms with E-state index in [-0.39, 0.29) is 12.3 Å². The van der Waals surface area contributed by atoms with Crippen LogP contribution in [0.25, 0.3) is 0 Å². The molecule has 0 unspecified atom stereocenters. The number of anilines is 1. The number of hydrogen-bond acceptors (Lipinski definition) is 3. The molecule has 0 atom stereocenters. The molecule has 124 valence electrons. The predicted octanol–water partition coefficient (Wildman–Crippen LogP) is 3.20. The lowest BCUT2D eigenvalue weighted by atomic mass is 9.66. The van der Waals surface area contributed by atoms with Gasteiger partial charge < -0.3 is 15.2 Å². The van der Waals surface area contributed by atoms with Crippen LogP contribution in [0.3, 0.4) is 0 Å². The van der Waals surface area contributed by atoms with E-state index in [2.05, 4.69) is 5.32 Å². The third-order valence-electron chi connectivity index (χ3n) is 4.79. The molecule has 0 spiro atoms. The second-order valence-electron chi connectivity index (χ2n) is 6.82. The molecule has 23 heavy (non-hydrogen) atoms. The average molecular weight is 317 g/mol. The monoisotopic (exact) mass is 317 g/mol. The van der Waals surface area contributed by atoms with E-state index >= 15 is 0 Å². The summed E-state index contributed by atoms with van der Waals surface area (Å²) >= 11 is 0. The fourth-order valence-corrected chi connectivity index (χ4v) is 2.95. The summed E-state index contributed by atoms with van der Waals surface area (Å²) < 4.78 is 5.65. The number of carbonyl (C=O) groups excluding carboxylic acids is 1. The zero-order chi connectivity index (χ0) is 16.3. The van der Waals surface area contributed by atoms with Gasteiger partial charge in [0.1, 0.15) is 0 Å². The Kier molecular flexibility index (Phi) is 4.66. The van der Waals surface area contributed by atoms with E-state index < -0.39 is 11.4 Å². The SMILES string of the molecule is O=C(CC1(C(=O)O)CCC1)Nc1cccc(COCC2CC2)c1. The maximum atomic E-state index is 12.1. The number of aliphatic carboxylic acids is 1. The standard InChI is InChI=1S/C18H23NO4/c20-16(10-18(17(21)22)7-2-8-18)19-15-4-1-3-14(9-15)12-23-11-13-5-6-13/h1,3-4,9,13H,2,5-8,10-12H2,(H,19,20)(H,21,22). The summed E-state index contributed by atoms with van der Waals surface area (Å²) in [5.74, 6) is -0.364. The summed E-state index contributed by atoms with van der Waals surface area (Å²) in [6.07, 6.45) is 4.64. The van der Waals surface area contributed by atoms with Gasteiger partial charge in [-0.25, -0.2) is 0 Å². The number of benzene rings is 1. The largest absolute Gasteiger partial charge is 0.481 e. The molecule has 0 heterocycles. The van der Waals surface area contributed by atoms with Gasteiger partial charge in [0.15, 0.2) is 0 Å². The second-order valence-corrected chi connectivity index (χ2v) is 6.82. The highest BCUT2D eigenvalue weighted by Gasteiger charge is 2.45. The maximum Gasteiger partial charge on any atom is 0.310 e. The van der Waals surface area contributed by atoms with Crippen molar-refractivity contribution >= 4 is 17.6 Å². The van der Waals surface area contributed by atoms with Gasteiger partial charge in [-0.3, -0.25) is 9.59 Å². The first-order chi connectivity index (χ1) is 11.1. The number of amides is 1. The quantitative estimate of drug-likeness (QED) is 0.772. The Labute approximate surface area is 136 Å². The molecule has 3 rings (SSSR count). The average Bonchev–Trinajstić information content (AvgIpc) is 3.27. The van der Waals surface area contributed by atoms with Crippen LogP contribution in [0.5, 0.6) is 0 Å². The van der Waals surface area contributed by atoms with Crippen LogP contribution in [0.15, 0.2) is 24.3 Å². The smallest absolute Gasteiger partial charge is 0.310 e. The first kappa shape index (κ1) is 16.0. The molecule has 0 saturated heterocycles. The van der Waals surface area contributed by atoms with Crippen LogP contribution >= 0.6 is 0 Å². The van der Waals surface area contributed by atoms with Crippen LogP contribution in [0.1, 0.15) is 44.1 Å². The van der Waals surface area contributed by atoms with Gasteiger partial charge >= 0.3 is 5.97 Å². The van der Waals surface area contributed by atoms with Crippen molar-refractivity contribution in [2.45, 2.75) is 45.1 Å². The normalized spacial score (nSPS) is 19.0. The summed E-state index contributed by atoms with van der Waals surface area (Å²) in [6, 6.07) is 7.55. The third-order valence-corrected chi connectivity index (χ3v) is 4.79. The molecule has 2 aliphatic rings. The Morgan fingerprint density at radius 3 is 2.70 bits per heavy atom. The van der Waals surface area contributed by atoms with Crippen molar-refractivity contribution in [1.82, 2.24) is 0 Å². The van der Waals surface area contributed by atoms with Gasteiger partial charge in [-0.15, -0.1) is 0 Å². The van der Waals surface area contributed by atoms with Crippen LogP contribution in [0, 0.1) is 11.3 Å². The summed E-state index contributed by atoms with van der Waals surface area (Å²) in [6.45, 7) is 1.34. The van der Waals surface area contributed by atoms with Crippen LogP contribution in [0.2, 0.25) is 0 Å². The van der Waals surface area contributed by atoms with Crippen molar-refractivity contribution < 1.29 is 19.4 Å². The topological polar surface area (TPSA) is 75.6 Å². The van der Waals surface area contributed by atoms with Crippen molar-refractivity contribution in [3.05, 3.63) is 29.8 Å². The lowest BCUT2D eigenvalue weighted by molar-refractivity contribution is -0.157. The first-order valence-corrected chi connectivity index (χ1v) is 8.27. The third kappa shape index (κ3) is 4.10. The lowest BCUT2D eigenvalue weighted by Gasteiger charge is -2.36. The molecule has 2 N–H and O–H groups in total. The van der Waals surface area contributed by atoms with Crippen LogP contribution in [0.4, 0.5) is 5.69 Å². The number of rotatable bonds is 8. The van der Waals surface area contributed by atoms with Crippen LogP contribution < -0.4 is 5.32 Å². The Bertz CT molecular complexity index is 590. The van der Waals surface area contributed by atoms with Crippen LogP contribution in [-0.2, 0) is 20.9 Å². The zero-order valence-electron chi connectivity index (χ0n) is 13.2. The molecule has 2 saturated carbocycles. The number of nitrogens with one attached hydrogen (secondary N) is 1. The van der Waals surface area contributed by atoms with E-state index in [1.165, 1.54) is 12.8 Å². The zero-order valence-corrected chi connectivity index (χ0v) is 13.2. The minimum atomic E-state index is -0.860. The van der Waals surface area contributed by atoms with Gasteiger partial charge in [0.25, 0.3) is 0 Å². The van der Waals surface area contributed by atoms with E-state index in [4.69, 9.17) is 4.74 Å². The Morgan fingerprint density at radius 2 is 2.09 bits per heavy atom. The van der Waals surface area contributed by atoms with Gasteiger partial charge in [0.2, 0.25) is 5.91 Å². The van der Waals surface area contributed by atoms with Crippen molar-refractivity contribution in [2.24, 2.45) is 11.3 Å². The number of ether oxygens (including phenoxy) is 1. The molecule has 0 aliphatic heterocycles. The molecule has 2 aliphatic carbocycles. The van der Waals surface area contributed by atoms with Gasteiger partial charge in [-0.05, 0) is 49.3 Å². The second kappa shape index (κ2) is 6.71. The highest BCUT2D eigenvalue weighted by atomic mass is 16.5. The van der Waals surface area contributed by atoms with Gasteiger partial charge in [-0.1, -0.05) is 18.6 Å². The fraction of sp³-hybridized carbons (Fsp3) is 0.556. The highest BCUT2D eigenvalue weighted by molar-refractivity contribution is 5.94. The van der Waals surface area contributed by atoms with Gasteiger partial charge in [-0.2, -0.15) is 0 Å². The molecule has 5 heteroatoms. The predicted molar refractivity (Wildman–Crippen MR) is 86.0 cm³/mol. The molecular weight excluding hydrogens is 294 g/mol. The van der Waals surface area contributed by atoms with Crippen molar-refractivity contribution in [3.63, 3.8) is 0 Å². The molecule has 0 aromatic heterocycles. The van der Waals surface area contributed by atoms with E-state index in [0.29, 0.717) is 25.1 Å². The summed E-state index contributed by atoms with van der Waals surface area (Å²) in [7, 11) is 0. The molecule has 1 aromatic carbocycles. The Balaban J connectivity index is 1.52. The Hall–Kier alpha value is -1.88. The molecule has 2 fully saturated rings. The molecule has 0 bridgehead atoms. The summed E-state index contributed by atoms with van der Waals surface area (Å²) in [4.78, 5) is 23.5. The van der Waals surface area contributed by atoms with Crippen molar-refractivity contribution in [2.75, 3.05) is 11.9 Å². The van der Waals surface area contributed by atoms with E-state index in [0.717, 1.165) is 24.5 Å². The number of hydrogen-bond donors (Lipinski definition) is 2. The van der Waals surface area contributed by atoms with Crippen molar-refractivity contribution in [3.8, 4) is 0 Å². The number of carboxylic acid groups (broad SMARTS) is 1. The van der Waals surface area contributed by atoms with E-state index in [1.54, 1.807) is 0 Å². The molecule has 1 amide bonds. The number of carbonyl (C=O) groups is 2. The molecule has 0 radical (unpaired) electrons. The Morgan fingerprint density at radius 1 is 1.30 bits per heavy atom.